The molecule has 0 spiro atoms. The predicted molar refractivity (Wildman–Crippen MR) is 105 cm³/mol. The first kappa shape index (κ1) is 21.5. The maximum Gasteiger partial charge on any atom is 0.418 e. The van der Waals surface area contributed by atoms with Crippen molar-refractivity contribution in [2.24, 2.45) is 0 Å². The molecule has 1 heterocycles. The number of hydrogen-bond donors (Lipinski definition) is 1. The molecule has 6 nitrogen and oxygen atoms in total. The summed E-state index contributed by atoms with van der Waals surface area (Å²) in [7, 11) is 0. The number of aromatic nitrogens is 2. The molecular formula is C21H21F3N4O2. The SMILES string of the molecule is CCN(CC(=O)Nc1ccccc1C(F)(F)F)Cc1nc(-c2ccc(C)cc2)no1. The number of nitrogens with zero attached hydrogens (tertiary/aromatic N) is 3. The van der Waals surface area contributed by atoms with Crippen LogP contribution in [0.25, 0.3) is 11.4 Å². The molecule has 1 N–H and O–H groups in total. The van der Waals surface area contributed by atoms with E-state index >= 15 is 0 Å². The smallest absolute Gasteiger partial charge is 0.338 e. The fourth-order valence-corrected chi connectivity index (χ4v) is 2.84. The Balaban J connectivity index is 1.64. The molecule has 0 saturated heterocycles. The highest BCUT2D eigenvalue weighted by Gasteiger charge is 2.33. The van der Waals surface area contributed by atoms with Crippen LogP contribution in [0.15, 0.2) is 53.1 Å². The second-order valence-electron chi connectivity index (χ2n) is 6.77. The van der Waals surface area contributed by atoms with Gasteiger partial charge in [0.25, 0.3) is 0 Å². The first-order valence-corrected chi connectivity index (χ1v) is 9.34. The van der Waals surface area contributed by atoms with Gasteiger partial charge in [0, 0.05) is 5.56 Å². The summed E-state index contributed by atoms with van der Waals surface area (Å²) in [6, 6.07) is 12.5. The number of carbonyl (C=O) groups is 1. The molecule has 0 bridgehead atoms. The van der Waals surface area contributed by atoms with Gasteiger partial charge in [-0.2, -0.15) is 18.2 Å². The standard InChI is InChI=1S/C21H21F3N4O2/c1-3-28(12-18(29)25-17-7-5-4-6-16(17)21(22,23)24)13-19-26-20(27-30-19)15-10-8-14(2)9-11-15/h4-11H,3,12-13H2,1-2H3,(H,25,29). The van der Waals surface area contributed by atoms with E-state index in [0.717, 1.165) is 17.2 Å². The van der Waals surface area contributed by atoms with Crippen LogP contribution in [0, 0.1) is 6.92 Å². The monoisotopic (exact) mass is 418 g/mol. The summed E-state index contributed by atoms with van der Waals surface area (Å²) in [5.41, 5.74) is 0.754. The van der Waals surface area contributed by atoms with Crippen molar-refractivity contribution in [1.82, 2.24) is 15.0 Å². The Labute approximate surface area is 171 Å². The highest BCUT2D eigenvalue weighted by molar-refractivity contribution is 5.93. The number of halogens is 3. The molecule has 2 aromatic carbocycles. The minimum absolute atomic E-state index is 0.120. The van der Waals surface area contributed by atoms with E-state index in [-0.39, 0.29) is 18.8 Å². The van der Waals surface area contributed by atoms with Crippen molar-refractivity contribution in [1.29, 1.82) is 0 Å². The van der Waals surface area contributed by atoms with Gasteiger partial charge in [0.15, 0.2) is 0 Å². The van der Waals surface area contributed by atoms with Crippen LogP contribution < -0.4 is 5.32 Å². The molecule has 3 aromatic rings. The number of anilines is 1. The molecule has 0 saturated carbocycles. The quantitative estimate of drug-likeness (QED) is 0.611. The fraction of sp³-hybridized carbons (Fsp3) is 0.286. The van der Waals surface area contributed by atoms with E-state index in [9.17, 15) is 18.0 Å². The van der Waals surface area contributed by atoms with E-state index in [1.54, 1.807) is 4.90 Å². The van der Waals surface area contributed by atoms with Crippen LogP contribution >= 0.6 is 0 Å². The van der Waals surface area contributed by atoms with Crippen LogP contribution in [-0.2, 0) is 17.5 Å². The van der Waals surface area contributed by atoms with Gasteiger partial charge in [0.1, 0.15) is 0 Å². The summed E-state index contributed by atoms with van der Waals surface area (Å²) >= 11 is 0. The number of amides is 1. The lowest BCUT2D eigenvalue weighted by molar-refractivity contribution is -0.137. The zero-order valence-electron chi connectivity index (χ0n) is 16.5. The zero-order chi connectivity index (χ0) is 21.7. The van der Waals surface area contributed by atoms with Crippen LogP contribution in [0.4, 0.5) is 18.9 Å². The number of hydrogen-bond acceptors (Lipinski definition) is 5. The van der Waals surface area contributed by atoms with Crippen molar-refractivity contribution in [3.63, 3.8) is 0 Å². The fourth-order valence-electron chi connectivity index (χ4n) is 2.84. The highest BCUT2D eigenvalue weighted by atomic mass is 19.4. The van der Waals surface area contributed by atoms with Gasteiger partial charge in [0.05, 0.1) is 24.3 Å². The Kier molecular flexibility index (Phi) is 6.51. The molecule has 158 valence electrons. The van der Waals surface area contributed by atoms with Gasteiger partial charge in [-0.15, -0.1) is 0 Å². The number of aryl methyl sites for hydroxylation is 1. The van der Waals surface area contributed by atoms with Crippen molar-refractivity contribution in [3.8, 4) is 11.4 Å². The zero-order valence-corrected chi connectivity index (χ0v) is 16.5. The van der Waals surface area contributed by atoms with Gasteiger partial charge in [-0.05, 0) is 25.6 Å². The van der Waals surface area contributed by atoms with Gasteiger partial charge in [-0.25, -0.2) is 0 Å². The lowest BCUT2D eigenvalue weighted by Crippen LogP contribution is -2.33. The van der Waals surface area contributed by atoms with Crippen molar-refractivity contribution >= 4 is 11.6 Å². The van der Waals surface area contributed by atoms with E-state index < -0.39 is 17.6 Å². The molecule has 0 aliphatic carbocycles. The molecule has 1 amide bonds. The highest BCUT2D eigenvalue weighted by Crippen LogP contribution is 2.34. The summed E-state index contributed by atoms with van der Waals surface area (Å²) in [5, 5.41) is 6.29. The van der Waals surface area contributed by atoms with Crippen LogP contribution in [0.2, 0.25) is 0 Å². The van der Waals surface area contributed by atoms with Gasteiger partial charge < -0.3 is 9.84 Å². The normalized spacial score (nSPS) is 11.7. The minimum atomic E-state index is -4.55. The molecule has 30 heavy (non-hydrogen) atoms. The average molecular weight is 418 g/mol. The van der Waals surface area contributed by atoms with Crippen molar-refractivity contribution < 1.29 is 22.5 Å². The Hall–Kier alpha value is -3.20. The number of likely N-dealkylation sites (N-methyl/N-ethyl adjacent to an activating group) is 1. The Morgan fingerprint density at radius 1 is 1.13 bits per heavy atom. The maximum atomic E-state index is 13.1. The number of nitrogens with one attached hydrogen (secondary N) is 1. The number of alkyl halides is 3. The Morgan fingerprint density at radius 2 is 1.83 bits per heavy atom. The number of rotatable bonds is 7. The molecule has 0 fully saturated rings. The van der Waals surface area contributed by atoms with Crippen LogP contribution in [0.3, 0.4) is 0 Å². The lowest BCUT2D eigenvalue weighted by Gasteiger charge is -2.19. The largest absolute Gasteiger partial charge is 0.418 e. The van der Waals surface area contributed by atoms with Crippen LogP contribution in [-0.4, -0.2) is 34.0 Å². The van der Waals surface area contributed by atoms with E-state index in [1.165, 1.54) is 18.2 Å². The summed E-state index contributed by atoms with van der Waals surface area (Å²) in [6.45, 7) is 4.35. The molecule has 0 aliphatic rings. The van der Waals surface area contributed by atoms with Gasteiger partial charge in [-0.1, -0.05) is 54.0 Å². The Bertz CT molecular complexity index is 1000. The summed E-state index contributed by atoms with van der Waals surface area (Å²) in [5.74, 6) is 0.187. The molecule has 3 rings (SSSR count). The summed E-state index contributed by atoms with van der Waals surface area (Å²) in [6.07, 6.45) is -4.55. The van der Waals surface area contributed by atoms with Crippen molar-refractivity contribution in [3.05, 3.63) is 65.5 Å². The maximum absolute atomic E-state index is 13.1. The lowest BCUT2D eigenvalue weighted by atomic mass is 10.1. The molecule has 1 aromatic heterocycles. The molecule has 0 unspecified atom stereocenters. The first-order valence-electron chi connectivity index (χ1n) is 9.34. The molecule has 0 atom stereocenters. The van der Waals surface area contributed by atoms with Gasteiger partial charge >= 0.3 is 6.18 Å². The third-order valence-corrected chi connectivity index (χ3v) is 4.46. The van der Waals surface area contributed by atoms with Crippen LogP contribution in [0.1, 0.15) is 23.9 Å². The van der Waals surface area contributed by atoms with Gasteiger partial charge in [-0.3, -0.25) is 9.69 Å². The average Bonchev–Trinajstić information content (AvgIpc) is 3.16. The second-order valence-corrected chi connectivity index (χ2v) is 6.77. The molecule has 9 heteroatoms. The van der Waals surface area contributed by atoms with Gasteiger partial charge in [0.2, 0.25) is 17.6 Å². The number of para-hydroxylation sites is 1. The molecule has 0 radical (unpaired) electrons. The van der Waals surface area contributed by atoms with E-state index in [0.29, 0.717) is 18.3 Å². The Morgan fingerprint density at radius 3 is 2.50 bits per heavy atom. The topological polar surface area (TPSA) is 71.3 Å². The second kappa shape index (κ2) is 9.08. The van der Waals surface area contributed by atoms with E-state index in [2.05, 4.69) is 15.5 Å². The van der Waals surface area contributed by atoms with Crippen molar-refractivity contribution in [2.45, 2.75) is 26.6 Å². The van der Waals surface area contributed by atoms with E-state index in [1.807, 2.05) is 38.1 Å². The first-order chi connectivity index (χ1) is 14.3. The predicted octanol–water partition coefficient (Wildman–Crippen LogP) is 4.52. The summed E-state index contributed by atoms with van der Waals surface area (Å²) < 4.78 is 44.5. The minimum Gasteiger partial charge on any atom is -0.338 e. The molecule has 0 aliphatic heterocycles. The number of benzene rings is 2. The van der Waals surface area contributed by atoms with E-state index in [4.69, 9.17) is 4.52 Å². The number of carbonyl (C=O) groups excluding carboxylic acids is 1. The molecular weight excluding hydrogens is 397 g/mol. The summed E-state index contributed by atoms with van der Waals surface area (Å²) in [4.78, 5) is 18.4. The van der Waals surface area contributed by atoms with Crippen LogP contribution in [0.5, 0.6) is 0 Å². The third kappa shape index (κ3) is 5.44. The third-order valence-electron chi connectivity index (χ3n) is 4.46. The van der Waals surface area contributed by atoms with Crippen molar-refractivity contribution in [2.75, 3.05) is 18.4 Å².